The predicted molar refractivity (Wildman–Crippen MR) is 71.7 cm³/mol. The van der Waals surface area contributed by atoms with Crippen LogP contribution in [0.5, 0.6) is 0 Å². The van der Waals surface area contributed by atoms with Crippen molar-refractivity contribution in [2.24, 2.45) is 0 Å². The maximum Gasteiger partial charge on any atom is 0.240 e. The fourth-order valence-corrected chi connectivity index (χ4v) is 2.75. The molecule has 0 radical (unpaired) electrons. The van der Waals surface area contributed by atoms with Crippen molar-refractivity contribution in [1.82, 2.24) is 4.72 Å². The van der Waals surface area contributed by atoms with E-state index < -0.39 is 21.7 Å². The van der Waals surface area contributed by atoms with Crippen LogP contribution in [0.25, 0.3) is 0 Å². The molecule has 0 spiro atoms. The van der Waals surface area contributed by atoms with Gasteiger partial charge in [0.2, 0.25) is 10.0 Å². The van der Waals surface area contributed by atoms with Crippen molar-refractivity contribution in [3.63, 3.8) is 0 Å². The molecule has 0 atom stereocenters. The standard InChI is InChI=1S/C14H13F2NO2S/c15-13-7-6-12(10-14(13)16)20(18,19)17-9-8-11-4-2-1-3-5-11/h1-7,10,17H,8-9H2. The van der Waals surface area contributed by atoms with Gasteiger partial charge in [-0.3, -0.25) is 0 Å². The van der Waals surface area contributed by atoms with E-state index in [1.807, 2.05) is 30.3 Å². The van der Waals surface area contributed by atoms with Gasteiger partial charge in [-0.2, -0.15) is 0 Å². The molecule has 2 aromatic carbocycles. The minimum Gasteiger partial charge on any atom is -0.211 e. The number of halogens is 2. The van der Waals surface area contributed by atoms with Crippen LogP contribution in [0.1, 0.15) is 5.56 Å². The summed E-state index contributed by atoms with van der Waals surface area (Å²) in [6.45, 7) is 0.186. The molecule has 2 rings (SSSR count). The van der Waals surface area contributed by atoms with Gasteiger partial charge >= 0.3 is 0 Å². The Balaban J connectivity index is 2.02. The zero-order valence-electron chi connectivity index (χ0n) is 10.5. The molecule has 0 aliphatic rings. The molecule has 0 aliphatic heterocycles. The zero-order chi connectivity index (χ0) is 14.6. The van der Waals surface area contributed by atoms with Gasteiger partial charge in [-0.1, -0.05) is 30.3 Å². The molecule has 0 fully saturated rings. The molecule has 0 aliphatic carbocycles. The van der Waals surface area contributed by atoms with E-state index in [-0.39, 0.29) is 11.4 Å². The van der Waals surface area contributed by atoms with E-state index in [9.17, 15) is 17.2 Å². The first-order valence-electron chi connectivity index (χ1n) is 5.98. The second kappa shape index (κ2) is 6.11. The summed E-state index contributed by atoms with van der Waals surface area (Å²) >= 11 is 0. The maximum atomic E-state index is 13.0. The van der Waals surface area contributed by atoms with Crippen LogP contribution in [0.3, 0.4) is 0 Å². The Morgan fingerprint density at radius 3 is 2.30 bits per heavy atom. The van der Waals surface area contributed by atoms with Gasteiger partial charge in [0.15, 0.2) is 11.6 Å². The summed E-state index contributed by atoms with van der Waals surface area (Å²) in [6, 6.07) is 11.8. The highest BCUT2D eigenvalue weighted by Crippen LogP contribution is 2.13. The highest BCUT2D eigenvalue weighted by Gasteiger charge is 2.15. The summed E-state index contributed by atoms with van der Waals surface area (Å²) < 4.78 is 51.9. The molecule has 2 aromatic rings. The SMILES string of the molecule is O=S(=O)(NCCc1ccccc1)c1ccc(F)c(F)c1. The van der Waals surface area contributed by atoms with Crippen molar-refractivity contribution in [3.8, 4) is 0 Å². The van der Waals surface area contributed by atoms with Gasteiger partial charge in [-0.25, -0.2) is 21.9 Å². The van der Waals surface area contributed by atoms with E-state index in [0.29, 0.717) is 12.5 Å². The molecule has 6 heteroatoms. The molecule has 0 saturated carbocycles. The van der Waals surface area contributed by atoms with Crippen LogP contribution >= 0.6 is 0 Å². The van der Waals surface area contributed by atoms with Crippen LogP contribution in [0, 0.1) is 11.6 Å². The van der Waals surface area contributed by atoms with Crippen molar-refractivity contribution < 1.29 is 17.2 Å². The summed E-state index contributed by atoms with van der Waals surface area (Å²) in [5.41, 5.74) is 0.987. The third kappa shape index (κ3) is 3.61. The summed E-state index contributed by atoms with van der Waals surface area (Å²) in [5, 5.41) is 0. The van der Waals surface area contributed by atoms with Gasteiger partial charge < -0.3 is 0 Å². The van der Waals surface area contributed by atoms with Crippen molar-refractivity contribution >= 4 is 10.0 Å². The van der Waals surface area contributed by atoms with Crippen LogP contribution in [-0.4, -0.2) is 15.0 Å². The molecule has 0 bridgehead atoms. The average molecular weight is 297 g/mol. The van der Waals surface area contributed by atoms with Gasteiger partial charge in [0.05, 0.1) is 4.90 Å². The van der Waals surface area contributed by atoms with Crippen molar-refractivity contribution in [2.45, 2.75) is 11.3 Å². The molecule has 1 N–H and O–H groups in total. The summed E-state index contributed by atoms with van der Waals surface area (Å²) in [7, 11) is -3.83. The maximum absolute atomic E-state index is 13.0. The molecule has 0 heterocycles. The van der Waals surface area contributed by atoms with Gasteiger partial charge in [-0.05, 0) is 30.2 Å². The molecular weight excluding hydrogens is 284 g/mol. The molecule has 0 aromatic heterocycles. The van der Waals surface area contributed by atoms with Crippen LogP contribution in [0.4, 0.5) is 8.78 Å². The first kappa shape index (κ1) is 14.6. The first-order valence-corrected chi connectivity index (χ1v) is 7.46. The number of nitrogens with one attached hydrogen (secondary N) is 1. The molecular formula is C14H13F2NO2S. The molecule has 0 unspecified atom stereocenters. The minimum atomic E-state index is -3.83. The number of rotatable bonds is 5. The summed E-state index contributed by atoms with van der Waals surface area (Å²) in [6.07, 6.45) is 0.518. The lowest BCUT2D eigenvalue weighted by Gasteiger charge is -2.07. The van der Waals surface area contributed by atoms with Gasteiger partial charge in [0, 0.05) is 6.54 Å². The van der Waals surface area contributed by atoms with Gasteiger partial charge in [-0.15, -0.1) is 0 Å². The zero-order valence-corrected chi connectivity index (χ0v) is 11.3. The van der Waals surface area contributed by atoms with E-state index in [1.165, 1.54) is 0 Å². The third-order valence-electron chi connectivity index (χ3n) is 2.75. The van der Waals surface area contributed by atoms with E-state index in [0.717, 1.165) is 17.7 Å². The minimum absolute atomic E-state index is 0.186. The number of sulfonamides is 1. The number of hydrogen-bond acceptors (Lipinski definition) is 2. The van der Waals surface area contributed by atoms with Crippen LogP contribution < -0.4 is 4.72 Å². The summed E-state index contributed by atoms with van der Waals surface area (Å²) in [4.78, 5) is -0.288. The van der Waals surface area contributed by atoms with Crippen molar-refractivity contribution in [2.75, 3.05) is 6.54 Å². The van der Waals surface area contributed by atoms with Crippen molar-refractivity contribution in [3.05, 3.63) is 65.7 Å². The Kier molecular flexibility index (Phi) is 4.46. The van der Waals surface area contributed by atoms with Crippen LogP contribution in [0.2, 0.25) is 0 Å². The predicted octanol–water partition coefficient (Wildman–Crippen LogP) is 2.49. The lowest BCUT2D eigenvalue weighted by atomic mass is 10.2. The molecule has 20 heavy (non-hydrogen) atoms. The van der Waals surface area contributed by atoms with Gasteiger partial charge in [0.1, 0.15) is 0 Å². The average Bonchev–Trinajstić information content (AvgIpc) is 2.43. The smallest absolute Gasteiger partial charge is 0.211 e. The first-order chi connectivity index (χ1) is 9.49. The Morgan fingerprint density at radius 2 is 1.65 bits per heavy atom. The van der Waals surface area contributed by atoms with Gasteiger partial charge in [0.25, 0.3) is 0 Å². The number of hydrogen-bond donors (Lipinski definition) is 1. The quantitative estimate of drug-likeness (QED) is 0.921. The van der Waals surface area contributed by atoms with Crippen molar-refractivity contribution in [1.29, 1.82) is 0 Å². The van der Waals surface area contributed by atoms with Crippen LogP contribution in [0.15, 0.2) is 53.4 Å². The number of benzene rings is 2. The second-order valence-corrected chi connectivity index (χ2v) is 5.98. The molecule has 106 valence electrons. The second-order valence-electron chi connectivity index (χ2n) is 4.21. The van der Waals surface area contributed by atoms with E-state index >= 15 is 0 Å². The van der Waals surface area contributed by atoms with E-state index in [4.69, 9.17) is 0 Å². The highest BCUT2D eigenvalue weighted by atomic mass is 32.2. The largest absolute Gasteiger partial charge is 0.240 e. The monoisotopic (exact) mass is 297 g/mol. The lowest BCUT2D eigenvalue weighted by Crippen LogP contribution is -2.26. The lowest BCUT2D eigenvalue weighted by molar-refractivity contribution is 0.504. The fraction of sp³-hybridized carbons (Fsp3) is 0.143. The Morgan fingerprint density at radius 1 is 0.950 bits per heavy atom. The molecule has 0 saturated heterocycles. The summed E-state index contributed by atoms with van der Waals surface area (Å²) in [5.74, 6) is -2.26. The molecule has 3 nitrogen and oxygen atoms in total. The van der Waals surface area contributed by atoms with E-state index in [1.54, 1.807) is 0 Å². The van der Waals surface area contributed by atoms with E-state index in [2.05, 4.69) is 4.72 Å². The highest BCUT2D eigenvalue weighted by molar-refractivity contribution is 7.89. The Bertz CT molecular complexity index is 688. The normalized spacial score (nSPS) is 11.5. The molecule has 0 amide bonds. The third-order valence-corrected chi connectivity index (χ3v) is 4.21. The van der Waals surface area contributed by atoms with Crippen LogP contribution in [-0.2, 0) is 16.4 Å². The Labute approximate surface area is 116 Å². The Hall–Kier alpha value is -1.79. The fourth-order valence-electron chi connectivity index (χ4n) is 1.70. The topological polar surface area (TPSA) is 46.2 Å².